The third-order valence-corrected chi connectivity index (χ3v) is 8.17. The fourth-order valence-corrected chi connectivity index (χ4v) is 5.52. The highest BCUT2D eigenvalue weighted by Crippen LogP contribution is 2.34. The SMILES string of the molecule is COc1ccc(C(=CN(C=C(c2ccc(OC)cc2)c2ccc(OC)cc2)c2ccc3ccccc3c2)c2ccc(OC)cc2)cc1. The van der Waals surface area contributed by atoms with Crippen LogP contribution in [-0.4, -0.2) is 28.4 Å². The van der Waals surface area contributed by atoms with E-state index >= 15 is 0 Å². The Kier molecular flexibility index (Phi) is 9.54. The highest BCUT2D eigenvalue weighted by molar-refractivity contribution is 5.90. The van der Waals surface area contributed by atoms with Crippen molar-refractivity contribution in [1.29, 1.82) is 0 Å². The first-order valence-corrected chi connectivity index (χ1v) is 15.4. The van der Waals surface area contributed by atoms with Crippen molar-refractivity contribution in [3.8, 4) is 23.0 Å². The zero-order valence-corrected chi connectivity index (χ0v) is 27.0. The lowest BCUT2D eigenvalue weighted by molar-refractivity contribution is 0.414. The molecule has 0 radical (unpaired) electrons. The monoisotopic (exact) mass is 619 g/mol. The first kappa shape index (κ1) is 31.1. The molecule has 6 aromatic rings. The number of hydrogen-bond acceptors (Lipinski definition) is 5. The van der Waals surface area contributed by atoms with E-state index in [2.05, 4.69) is 108 Å². The smallest absolute Gasteiger partial charge is 0.118 e. The molecule has 0 aliphatic rings. The van der Waals surface area contributed by atoms with Gasteiger partial charge >= 0.3 is 0 Å². The molecule has 0 aromatic heterocycles. The van der Waals surface area contributed by atoms with Gasteiger partial charge in [0, 0.05) is 29.2 Å². The van der Waals surface area contributed by atoms with Crippen LogP contribution in [0.3, 0.4) is 0 Å². The number of fused-ring (bicyclic) bond motifs is 1. The second kappa shape index (κ2) is 14.4. The molecular formula is C42H37NO4. The topological polar surface area (TPSA) is 40.2 Å². The van der Waals surface area contributed by atoms with E-state index in [0.717, 1.165) is 67.5 Å². The lowest BCUT2D eigenvalue weighted by Crippen LogP contribution is -2.11. The molecule has 0 saturated heterocycles. The van der Waals surface area contributed by atoms with Crippen LogP contribution in [0, 0.1) is 0 Å². The number of hydrogen-bond donors (Lipinski definition) is 0. The minimum Gasteiger partial charge on any atom is -0.497 e. The molecule has 234 valence electrons. The Labute approximate surface area is 276 Å². The molecule has 6 aromatic carbocycles. The Hall–Kier alpha value is -5.94. The highest BCUT2D eigenvalue weighted by atomic mass is 16.5. The van der Waals surface area contributed by atoms with Gasteiger partial charge in [-0.3, -0.25) is 0 Å². The van der Waals surface area contributed by atoms with Crippen LogP contribution in [0.25, 0.3) is 21.9 Å². The van der Waals surface area contributed by atoms with Gasteiger partial charge in [0.1, 0.15) is 23.0 Å². The van der Waals surface area contributed by atoms with Gasteiger partial charge in [-0.1, -0.05) is 78.9 Å². The molecule has 0 spiro atoms. The summed E-state index contributed by atoms with van der Waals surface area (Å²) in [4.78, 5) is 2.21. The Morgan fingerprint density at radius 1 is 0.404 bits per heavy atom. The second-order valence-electron chi connectivity index (χ2n) is 10.9. The van der Waals surface area contributed by atoms with Gasteiger partial charge in [-0.05, 0) is 93.7 Å². The Morgan fingerprint density at radius 2 is 0.745 bits per heavy atom. The van der Waals surface area contributed by atoms with Crippen LogP contribution in [0.2, 0.25) is 0 Å². The fourth-order valence-electron chi connectivity index (χ4n) is 5.52. The van der Waals surface area contributed by atoms with Gasteiger partial charge in [0.15, 0.2) is 0 Å². The second-order valence-corrected chi connectivity index (χ2v) is 10.9. The molecule has 0 saturated carbocycles. The largest absolute Gasteiger partial charge is 0.497 e. The normalized spacial score (nSPS) is 10.6. The summed E-state index contributed by atoms with van der Waals surface area (Å²) >= 11 is 0. The molecule has 0 amide bonds. The summed E-state index contributed by atoms with van der Waals surface area (Å²) in [5.74, 6) is 3.21. The maximum atomic E-state index is 5.49. The van der Waals surface area contributed by atoms with Crippen molar-refractivity contribution in [1.82, 2.24) is 0 Å². The molecular weight excluding hydrogens is 582 g/mol. The molecule has 5 nitrogen and oxygen atoms in total. The molecule has 0 bridgehead atoms. The number of ether oxygens (including phenoxy) is 4. The van der Waals surface area contributed by atoms with E-state index in [4.69, 9.17) is 18.9 Å². The van der Waals surface area contributed by atoms with Crippen LogP contribution >= 0.6 is 0 Å². The van der Waals surface area contributed by atoms with Crippen LogP contribution in [0.5, 0.6) is 23.0 Å². The van der Waals surface area contributed by atoms with E-state index in [1.54, 1.807) is 28.4 Å². The molecule has 0 atom stereocenters. The van der Waals surface area contributed by atoms with Gasteiger partial charge in [0.05, 0.1) is 28.4 Å². The van der Waals surface area contributed by atoms with E-state index in [-0.39, 0.29) is 0 Å². The Morgan fingerprint density at radius 3 is 1.09 bits per heavy atom. The summed E-state index contributed by atoms with van der Waals surface area (Å²) in [5, 5.41) is 2.34. The number of benzene rings is 6. The van der Waals surface area contributed by atoms with Crippen molar-refractivity contribution < 1.29 is 18.9 Å². The van der Waals surface area contributed by atoms with Gasteiger partial charge < -0.3 is 23.8 Å². The van der Waals surface area contributed by atoms with Crippen LogP contribution in [-0.2, 0) is 0 Å². The quantitative estimate of drug-likeness (QED) is 0.144. The third kappa shape index (κ3) is 7.15. The van der Waals surface area contributed by atoms with E-state index in [9.17, 15) is 0 Å². The van der Waals surface area contributed by atoms with Crippen molar-refractivity contribution in [3.63, 3.8) is 0 Å². The molecule has 0 fully saturated rings. The van der Waals surface area contributed by atoms with Crippen molar-refractivity contribution in [2.45, 2.75) is 0 Å². The average Bonchev–Trinajstić information content (AvgIpc) is 3.15. The standard InChI is InChI=1S/C42H37NO4/c1-44-37-19-10-31(11-20-37)41(32-12-21-38(45-2)22-13-32)28-43(36-18-9-30-7-5-6-8-35(30)27-36)29-42(33-14-23-39(46-3)24-15-33)34-16-25-40(47-4)26-17-34/h5-29H,1-4H3. The first-order chi connectivity index (χ1) is 23.1. The fraction of sp³-hybridized carbons (Fsp3) is 0.0952. The molecule has 5 heteroatoms. The number of nitrogens with zero attached hydrogens (tertiary/aromatic N) is 1. The minimum atomic E-state index is 0.801. The number of rotatable bonds is 11. The minimum absolute atomic E-state index is 0.801. The first-order valence-electron chi connectivity index (χ1n) is 15.4. The van der Waals surface area contributed by atoms with Crippen LogP contribution < -0.4 is 23.8 Å². The average molecular weight is 620 g/mol. The summed E-state index contributed by atoms with van der Waals surface area (Å²) in [6.45, 7) is 0. The van der Waals surface area contributed by atoms with Crippen molar-refractivity contribution in [2.75, 3.05) is 33.3 Å². The van der Waals surface area contributed by atoms with Crippen LogP contribution in [0.15, 0.2) is 152 Å². The molecule has 0 heterocycles. The Balaban J connectivity index is 1.60. The van der Waals surface area contributed by atoms with Gasteiger partial charge in [-0.25, -0.2) is 0 Å². The van der Waals surface area contributed by atoms with Crippen LogP contribution in [0.1, 0.15) is 22.3 Å². The number of methoxy groups -OCH3 is 4. The summed E-state index contributed by atoms with van der Waals surface area (Å²) in [6, 6.07) is 47.6. The molecule has 47 heavy (non-hydrogen) atoms. The van der Waals surface area contributed by atoms with E-state index in [1.807, 2.05) is 48.5 Å². The molecule has 0 unspecified atom stereocenters. The zero-order chi connectivity index (χ0) is 32.6. The molecule has 0 aliphatic heterocycles. The zero-order valence-electron chi connectivity index (χ0n) is 27.0. The summed E-state index contributed by atoms with van der Waals surface area (Å²) in [6.07, 6.45) is 4.39. The van der Waals surface area contributed by atoms with Crippen molar-refractivity contribution in [2.24, 2.45) is 0 Å². The maximum absolute atomic E-state index is 5.49. The number of anilines is 1. The van der Waals surface area contributed by atoms with Crippen molar-refractivity contribution >= 4 is 27.6 Å². The predicted octanol–water partition coefficient (Wildman–Crippen LogP) is 9.86. The lowest BCUT2D eigenvalue weighted by atomic mass is 9.97. The molecule has 6 rings (SSSR count). The molecule has 0 N–H and O–H groups in total. The predicted molar refractivity (Wildman–Crippen MR) is 193 cm³/mol. The van der Waals surface area contributed by atoms with Gasteiger partial charge in [-0.2, -0.15) is 0 Å². The van der Waals surface area contributed by atoms with Gasteiger partial charge in [0.25, 0.3) is 0 Å². The van der Waals surface area contributed by atoms with E-state index in [1.165, 1.54) is 5.39 Å². The van der Waals surface area contributed by atoms with Crippen LogP contribution in [0.4, 0.5) is 5.69 Å². The summed E-state index contributed by atoms with van der Waals surface area (Å²) in [7, 11) is 6.73. The summed E-state index contributed by atoms with van der Waals surface area (Å²) < 4.78 is 21.9. The third-order valence-electron chi connectivity index (χ3n) is 8.17. The van der Waals surface area contributed by atoms with Crippen molar-refractivity contribution in [3.05, 3.63) is 174 Å². The van der Waals surface area contributed by atoms with E-state index in [0.29, 0.717) is 0 Å². The van der Waals surface area contributed by atoms with Gasteiger partial charge in [-0.15, -0.1) is 0 Å². The van der Waals surface area contributed by atoms with E-state index < -0.39 is 0 Å². The van der Waals surface area contributed by atoms with Gasteiger partial charge in [0.2, 0.25) is 0 Å². The Bertz CT molecular complexity index is 1790. The lowest BCUT2D eigenvalue weighted by Gasteiger charge is -2.23. The molecule has 0 aliphatic carbocycles. The highest BCUT2D eigenvalue weighted by Gasteiger charge is 2.14. The summed E-state index contributed by atoms with van der Waals surface area (Å²) in [5.41, 5.74) is 7.27. The maximum Gasteiger partial charge on any atom is 0.118 e.